The summed E-state index contributed by atoms with van der Waals surface area (Å²) in [6.45, 7) is 4.35. The molecule has 1 atom stereocenters. The van der Waals surface area contributed by atoms with Crippen molar-refractivity contribution in [2.45, 2.75) is 26.3 Å². The van der Waals surface area contributed by atoms with Crippen LogP contribution in [0.3, 0.4) is 0 Å². The number of nitrogens with one attached hydrogen (secondary N) is 2. The van der Waals surface area contributed by atoms with Crippen molar-refractivity contribution in [3.05, 3.63) is 6.33 Å². The molecule has 2 amide bonds. The molecule has 1 unspecified atom stereocenters. The van der Waals surface area contributed by atoms with Crippen molar-refractivity contribution in [3.8, 4) is 0 Å². The Balaban J connectivity index is 1.96. The highest BCUT2D eigenvalue weighted by Gasteiger charge is 2.35. The maximum Gasteiger partial charge on any atom is 0.232 e. The zero-order chi connectivity index (χ0) is 12.4. The Hall–Kier alpha value is -1.92. The number of aromatic amines is 1. The van der Waals surface area contributed by atoms with Gasteiger partial charge < -0.3 is 4.90 Å². The summed E-state index contributed by atoms with van der Waals surface area (Å²) < 4.78 is 0. The van der Waals surface area contributed by atoms with E-state index in [1.54, 1.807) is 4.90 Å². The Morgan fingerprint density at radius 1 is 1.65 bits per heavy atom. The Labute approximate surface area is 98.6 Å². The van der Waals surface area contributed by atoms with Crippen LogP contribution < -0.4 is 5.32 Å². The molecule has 7 nitrogen and oxygen atoms in total. The summed E-state index contributed by atoms with van der Waals surface area (Å²) in [5.74, 6) is -0.170. The van der Waals surface area contributed by atoms with E-state index in [4.69, 9.17) is 0 Å². The number of rotatable bonds is 3. The normalized spacial score (nSPS) is 20.1. The molecule has 0 bridgehead atoms. The molecule has 1 aromatic heterocycles. The van der Waals surface area contributed by atoms with Crippen LogP contribution in [0.4, 0.5) is 5.95 Å². The molecule has 1 aromatic rings. The van der Waals surface area contributed by atoms with E-state index >= 15 is 0 Å². The topological polar surface area (TPSA) is 91.0 Å². The number of carbonyl (C=O) groups is 2. The maximum absolute atomic E-state index is 11.8. The van der Waals surface area contributed by atoms with E-state index in [1.165, 1.54) is 6.33 Å². The molecular formula is C10H15N5O2. The average molecular weight is 237 g/mol. The molecule has 0 saturated carbocycles. The van der Waals surface area contributed by atoms with Crippen LogP contribution in [0.5, 0.6) is 0 Å². The first-order valence-corrected chi connectivity index (χ1v) is 5.53. The Bertz CT molecular complexity index is 414. The molecule has 1 aliphatic rings. The van der Waals surface area contributed by atoms with Gasteiger partial charge in [-0.3, -0.25) is 14.9 Å². The van der Waals surface area contributed by atoms with Crippen LogP contribution in [-0.4, -0.2) is 44.5 Å². The zero-order valence-corrected chi connectivity index (χ0v) is 9.80. The van der Waals surface area contributed by atoms with Crippen LogP contribution in [-0.2, 0) is 9.59 Å². The molecule has 2 rings (SSSR count). The van der Waals surface area contributed by atoms with E-state index < -0.39 is 0 Å². The third kappa shape index (κ3) is 2.43. The molecule has 0 aromatic carbocycles. The van der Waals surface area contributed by atoms with Crippen molar-refractivity contribution in [1.82, 2.24) is 20.1 Å². The quantitative estimate of drug-likeness (QED) is 0.774. The predicted octanol–water partition coefficient (Wildman–Crippen LogP) is 0.000100. The van der Waals surface area contributed by atoms with Gasteiger partial charge in [0.1, 0.15) is 6.33 Å². The smallest absolute Gasteiger partial charge is 0.232 e. The number of anilines is 1. The molecule has 0 radical (unpaired) electrons. The molecule has 1 fully saturated rings. The van der Waals surface area contributed by atoms with Crippen molar-refractivity contribution in [3.63, 3.8) is 0 Å². The fraction of sp³-hybridized carbons (Fsp3) is 0.600. The first kappa shape index (κ1) is 11.6. The van der Waals surface area contributed by atoms with Gasteiger partial charge in [-0.2, -0.15) is 10.1 Å². The molecule has 1 saturated heterocycles. The Morgan fingerprint density at radius 2 is 2.41 bits per heavy atom. The second kappa shape index (κ2) is 4.52. The lowest BCUT2D eigenvalue weighted by Gasteiger charge is -2.20. The fourth-order valence-corrected chi connectivity index (χ4v) is 1.89. The van der Waals surface area contributed by atoms with Gasteiger partial charge in [0, 0.05) is 19.0 Å². The highest BCUT2D eigenvalue weighted by molar-refractivity contribution is 5.96. The number of likely N-dealkylation sites (tertiary alicyclic amines) is 1. The molecule has 17 heavy (non-hydrogen) atoms. The van der Waals surface area contributed by atoms with Gasteiger partial charge >= 0.3 is 0 Å². The monoisotopic (exact) mass is 237 g/mol. The largest absolute Gasteiger partial charge is 0.339 e. The molecule has 0 spiro atoms. The van der Waals surface area contributed by atoms with Crippen LogP contribution in [0.15, 0.2) is 6.33 Å². The van der Waals surface area contributed by atoms with Crippen LogP contribution in [0.1, 0.15) is 20.3 Å². The van der Waals surface area contributed by atoms with Crippen LogP contribution in [0.25, 0.3) is 0 Å². The fourth-order valence-electron chi connectivity index (χ4n) is 1.89. The average Bonchev–Trinajstić information content (AvgIpc) is 2.86. The van der Waals surface area contributed by atoms with Gasteiger partial charge in [0.25, 0.3) is 0 Å². The summed E-state index contributed by atoms with van der Waals surface area (Å²) >= 11 is 0. The number of nitrogens with zero attached hydrogens (tertiary/aromatic N) is 3. The lowest BCUT2D eigenvalue weighted by Crippen LogP contribution is -2.33. The minimum absolute atomic E-state index is 0.0257. The maximum atomic E-state index is 11.8. The Kier molecular flexibility index (Phi) is 3.08. The molecule has 1 aliphatic heterocycles. The number of hydrogen-bond donors (Lipinski definition) is 2. The number of hydrogen-bond acceptors (Lipinski definition) is 4. The van der Waals surface area contributed by atoms with Crippen LogP contribution in [0.2, 0.25) is 0 Å². The van der Waals surface area contributed by atoms with Gasteiger partial charge in [0.05, 0.1) is 5.92 Å². The van der Waals surface area contributed by atoms with E-state index in [-0.39, 0.29) is 30.2 Å². The zero-order valence-electron chi connectivity index (χ0n) is 9.80. The molecular weight excluding hydrogens is 222 g/mol. The highest BCUT2D eigenvalue weighted by atomic mass is 16.2. The standard InChI is InChI=1S/C10H15N5O2/c1-6(2)15-4-7(3-8(15)16)9(17)13-10-11-5-12-14-10/h5-7H,3-4H2,1-2H3,(H2,11,12,13,14,17). The first-order chi connectivity index (χ1) is 8.08. The molecule has 7 heteroatoms. The van der Waals surface area contributed by atoms with Gasteiger partial charge in [0.2, 0.25) is 17.8 Å². The predicted molar refractivity (Wildman–Crippen MR) is 60.0 cm³/mol. The van der Waals surface area contributed by atoms with E-state index in [0.717, 1.165) is 0 Å². The minimum atomic E-state index is -0.310. The first-order valence-electron chi connectivity index (χ1n) is 5.53. The van der Waals surface area contributed by atoms with Gasteiger partial charge in [-0.1, -0.05) is 0 Å². The molecule has 2 heterocycles. The van der Waals surface area contributed by atoms with Gasteiger partial charge in [-0.15, -0.1) is 0 Å². The van der Waals surface area contributed by atoms with Crippen molar-refractivity contribution < 1.29 is 9.59 Å². The third-order valence-electron chi connectivity index (χ3n) is 2.81. The molecule has 92 valence electrons. The Morgan fingerprint density at radius 3 is 2.94 bits per heavy atom. The van der Waals surface area contributed by atoms with Crippen molar-refractivity contribution in [2.75, 3.05) is 11.9 Å². The molecule has 2 N–H and O–H groups in total. The summed E-state index contributed by atoms with van der Waals surface area (Å²) in [5.41, 5.74) is 0. The number of H-pyrrole nitrogens is 1. The number of carbonyl (C=O) groups excluding carboxylic acids is 2. The minimum Gasteiger partial charge on any atom is -0.339 e. The lowest BCUT2D eigenvalue weighted by molar-refractivity contribution is -0.129. The third-order valence-corrected chi connectivity index (χ3v) is 2.81. The summed E-state index contributed by atoms with van der Waals surface area (Å²) in [7, 11) is 0. The second-order valence-electron chi connectivity index (χ2n) is 4.36. The SMILES string of the molecule is CC(C)N1CC(C(=O)Nc2ncn[nH]2)CC1=O. The highest BCUT2D eigenvalue weighted by Crippen LogP contribution is 2.20. The van der Waals surface area contributed by atoms with Gasteiger partial charge in [-0.25, -0.2) is 5.10 Å². The van der Waals surface area contributed by atoms with Gasteiger partial charge in [0.15, 0.2) is 0 Å². The van der Waals surface area contributed by atoms with Crippen LogP contribution >= 0.6 is 0 Å². The lowest BCUT2D eigenvalue weighted by atomic mass is 10.1. The van der Waals surface area contributed by atoms with E-state index in [1.807, 2.05) is 13.8 Å². The van der Waals surface area contributed by atoms with Crippen LogP contribution in [0, 0.1) is 5.92 Å². The van der Waals surface area contributed by atoms with Crippen molar-refractivity contribution in [1.29, 1.82) is 0 Å². The van der Waals surface area contributed by atoms with E-state index in [0.29, 0.717) is 12.5 Å². The van der Waals surface area contributed by atoms with Crippen molar-refractivity contribution in [2.24, 2.45) is 5.92 Å². The second-order valence-corrected chi connectivity index (χ2v) is 4.36. The summed E-state index contributed by atoms with van der Waals surface area (Å²) in [5, 5.41) is 8.77. The number of aromatic nitrogens is 3. The molecule has 0 aliphatic carbocycles. The summed E-state index contributed by atoms with van der Waals surface area (Å²) in [4.78, 5) is 29.0. The van der Waals surface area contributed by atoms with E-state index in [2.05, 4.69) is 20.5 Å². The summed E-state index contributed by atoms with van der Waals surface area (Å²) in [6, 6.07) is 0.130. The number of amides is 2. The van der Waals surface area contributed by atoms with Crippen molar-refractivity contribution >= 4 is 17.8 Å². The van der Waals surface area contributed by atoms with E-state index in [9.17, 15) is 9.59 Å². The summed E-state index contributed by atoms with van der Waals surface area (Å²) in [6.07, 6.45) is 1.58. The van der Waals surface area contributed by atoms with Gasteiger partial charge in [-0.05, 0) is 13.8 Å².